The lowest BCUT2D eigenvalue weighted by Crippen LogP contribution is -2.40. The second-order valence-corrected chi connectivity index (χ2v) is 42.3. The van der Waals surface area contributed by atoms with Gasteiger partial charge in [0.2, 0.25) is 11.8 Å². The lowest BCUT2D eigenvalue weighted by molar-refractivity contribution is -0.155. The van der Waals surface area contributed by atoms with E-state index in [0.717, 1.165) is 138 Å². The van der Waals surface area contributed by atoms with E-state index in [0.29, 0.717) is 46.9 Å². The Labute approximate surface area is 832 Å². The van der Waals surface area contributed by atoms with Crippen LogP contribution in [0.2, 0.25) is 20.1 Å². The number of aromatic nitrogens is 11. The second-order valence-electron chi connectivity index (χ2n) is 38.4. The van der Waals surface area contributed by atoms with Crippen molar-refractivity contribution >= 4 is 132 Å². The van der Waals surface area contributed by atoms with Crippen LogP contribution in [-0.2, 0) is 50.8 Å². The highest BCUT2D eigenvalue weighted by Crippen LogP contribution is 2.61. The monoisotopic (exact) mass is 1980 g/mol. The van der Waals surface area contributed by atoms with Gasteiger partial charge in [0.25, 0.3) is 0 Å². The predicted octanol–water partition coefficient (Wildman–Crippen LogP) is 24.9. The van der Waals surface area contributed by atoms with Crippen molar-refractivity contribution < 1.29 is 37.4 Å². The first-order valence-electron chi connectivity index (χ1n) is 46.5. The lowest BCUT2D eigenvalue weighted by atomic mass is 9.62. The number of halogens is 6. The summed E-state index contributed by atoms with van der Waals surface area (Å²) < 4.78 is 46.7. The zero-order valence-corrected chi connectivity index (χ0v) is 84.9. The van der Waals surface area contributed by atoms with Gasteiger partial charge in [-0.1, -0.05) is 154 Å². The number of imidazole rings is 1. The average molecular weight is 1980 g/mol. The van der Waals surface area contributed by atoms with Gasteiger partial charge in [0.1, 0.15) is 51.5 Å². The van der Waals surface area contributed by atoms with E-state index in [9.17, 15) is 24.4 Å². The topological polar surface area (TPSA) is 331 Å². The van der Waals surface area contributed by atoms with Crippen molar-refractivity contribution in [2.75, 3.05) is 17.7 Å². The number of benzene rings is 7. The van der Waals surface area contributed by atoms with Crippen LogP contribution in [-0.4, -0.2) is 109 Å². The summed E-state index contributed by atoms with van der Waals surface area (Å²) in [6.45, 7) is 25.1. The van der Waals surface area contributed by atoms with E-state index >= 15 is 8.78 Å². The Morgan fingerprint density at radius 2 is 1.49 bits per heavy atom. The molecule has 7 atom stereocenters. The Morgan fingerprint density at radius 3 is 2.17 bits per heavy atom. The van der Waals surface area contributed by atoms with E-state index in [1.807, 2.05) is 194 Å². The van der Waals surface area contributed by atoms with Crippen LogP contribution in [0.15, 0.2) is 181 Å². The van der Waals surface area contributed by atoms with Crippen molar-refractivity contribution in [3.8, 4) is 39.3 Å². The Kier molecular flexibility index (Phi) is 32.7. The molecule has 3 saturated carbocycles. The van der Waals surface area contributed by atoms with Gasteiger partial charge in [-0.3, -0.25) is 33.4 Å². The molecule has 2 amide bonds. The number of Topliss-reactive ketones (excluding diaryl/α,β-unsaturated/α-hetero) is 1. The summed E-state index contributed by atoms with van der Waals surface area (Å²) in [5.74, 6) is -0.0495. The van der Waals surface area contributed by atoms with Crippen LogP contribution >= 0.6 is 69.1 Å². The van der Waals surface area contributed by atoms with E-state index in [-0.39, 0.29) is 68.8 Å². The molecule has 4 aliphatic rings. The molecule has 720 valence electrons. The maximum Gasteiger partial charge on any atom is 0.308 e. The number of rotatable bonds is 22. The first-order chi connectivity index (χ1) is 65.8. The van der Waals surface area contributed by atoms with Crippen molar-refractivity contribution in [3.63, 3.8) is 0 Å². The summed E-state index contributed by atoms with van der Waals surface area (Å²) in [4.78, 5) is 82.5. The quantitative estimate of drug-likeness (QED) is 0.0271. The number of thiophene rings is 1. The number of hydrogen-bond donors (Lipinski definition) is 6. The molecule has 0 radical (unpaired) electrons. The van der Waals surface area contributed by atoms with E-state index in [4.69, 9.17) is 77.3 Å². The van der Waals surface area contributed by atoms with Crippen molar-refractivity contribution in [1.82, 2.24) is 54.4 Å². The van der Waals surface area contributed by atoms with Gasteiger partial charge in [0.05, 0.1) is 81.1 Å². The number of nitrogens with zero attached hydrogens (tertiary/aromatic N) is 11. The Hall–Kier alpha value is -11.7. The second kappa shape index (κ2) is 44.2. The van der Waals surface area contributed by atoms with Crippen LogP contribution < -0.4 is 26.8 Å². The minimum Gasteiger partial charge on any atom is -0.495 e. The summed E-state index contributed by atoms with van der Waals surface area (Å²) in [5, 5.41) is 36.7. The first kappa shape index (κ1) is 102. The standard InChI is InChI=1S/C33H32Cl2F2N2O3.C23H25ClN4O2S.C22H25N5O.C19H27N5.C10H8ClNS/c1-18(40)19-9-12-27(28(13-19)42-5)39-31(41)23-14-20(16-32(2,3)4)33(17-38,24-11-10-21(34)15-26(24)36)29(23)22-7-6-8-25(35)30(22)37;1-12-13(2)31-22-19(12)20(15-7-9-16(24)10-8-15)25-17(11-18(29)30-23(4,5)6)21-27-26-14(3)28(21)22;1-3-13(2)21(23)22(28)25-15-8-9-18-19(11-15)27-20(26-18)10-14-12-24-17-7-5-4-6-16(14)17;1-24-18(10-13-2-3-13)16(12-22-24)17-8-9-21-19(23-17)11-14-4-6-15(20)7-5-14;1-7-12-10(6-13-7)8-4-2-3-5-9(8)11/h6-13,15,20,23,29H,14,16H2,1-5H3,(H,39,41);7-10,17H,11H2,1-6H3;4-9,11-13,21,24H,3,10,23H2,1-2H3,(H,25,28)(H,26,27);8-9,12-15H,2-7,10-11,20H2,1H3;2-6H,1H3/t20-,23+,29-,33+;17-;13-,21-;;/m000../s1. The van der Waals surface area contributed by atoms with Gasteiger partial charge in [-0.25, -0.2) is 28.7 Å². The lowest BCUT2D eigenvalue weighted by Gasteiger charge is -2.38. The minimum absolute atomic E-state index is 0.0479. The molecule has 0 unspecified atom stereocenters. The Balaban J connectivity index is 0.000000143. The number of carbonyl (C=O) groups excluding carboxylic acids is 4. The van der Waals surface area contributed by atoms with Gasteiger partial charge in [-0.15, -0.1) is 32.9 Å². The van der Waals surface area contributed by atoms with Gasteiger partial charge >= 0.3 is 5.97 Å². The molecule has 14 aromatic rings. The molecule has 0 spiro atoms. The van der Waals surface area contributed by atoms with Crippen molar-refractivity contribution in [2.45, 2.75) is 209 Å². The van der Waals surface area contributed by atoms with Crippen LogP contribution in [0.25, 0.3) is 49.5 Å². The number of esters is 1. The number of aliphatic imine (C=N–C) groups is 1. The third kappa shape index (κ3) is 24.2. The molecule has 31 heteroatoms. The molecule has 7 aromatic carbocycles. The summed E-state index contributed by atoms with van der Waals surface area (Å²) >= 11 is 27.8. The van der Waals surface area contributed by atoms with Crippen molar-refractivity contribution in [3.05, 3.63) is 285 Å². The smallest absolute Gasteiger partial charge is 0.308 e. The maximum atomic E-state index is 15.8. The highest BCUT2D eigenvalue weighted by Gasteiger charge is 2.61. The molecule has 138 heavy (non-hydrogen) atoms. The SMILES string of the molecule is CC[C@H](C)[C@H](N)C(=O)Nc1ccc2nc(Cc3c[nH]c4ccccc34)[nH]c2c1.COc1cc(C(C)=O)ccc1NC(=O)[C@@H]1C[C@@H](CC(C)(C)C)[C@](C#N)(c2ccc(Cl)cc2F)[C@H]1c1cccc(Cl)c1F.Cc1nc(-c2ccccc2Cl)cs1.Cc1sc2c(c1C)C(c1ccc(Cl)cc1)=N[C@@H](CC(=O)OC(C)(C)C)c1nnc(C)n1-2.Cn1ncc(-c2ccnc(CC3CCC(N)CC3)n2)c1CC1CC1. The Bertz CT molecular complexity index is 6830. The fourth-order valence-corrected chi connectivity index (χ4v) is 20.9. The zero-order chi connectivity index (χ0) is 98.9. The van der Waals surface area contributed by atoms with E-state index in [2.05, 4.69) is 82.9 Å². The number of para-hydroxylation sites is 1. The van der Waals surface area contributed by atoms with E-state index in [1.165, 1.54) is 97.1 Å². The molecule has 1 aliphatic heterocycles. The summed E-state index contributed by atoms with van der Waals surface area (Å²) in [5.41, 5.74) is 24.6. The van der Waals surface area contributed by atoms with Crippen molar-refractivity contribution in [1.29, 1.82) is 5.26 Å². The van der Waals surface area contributed by atoms with E-state index in [1.54, 1.807) is 40.9 Å². The molecule has 18 rings (SSSR count). The zero-order valence-electron chi connectivity index (χ0n) is 80.2. The number of H-pyrrole nitrogens is 2. The molecule has 0 saturated heterocycles. The van der Waals surface area contributed by atoms with Gasteiger partial charge in [-0.05, 0) is 244 Å². The number of amides is 2. The number of nitrogens with two attached hydrogens (primary N) is 2. The average Bonchev–Trinajstić information content (AvgIpc) is 1.55. The van der Waals surface area contributed by atoms with Gasteiger partial charge in [0, 0.05) is 131 Å². The maximum absolute atomic E-state index is 15.8. The number of methoxy groups -OCH3 is 1. The fraction of sp³-hybridized carbons (Fsp3) is 0.374. The predicted molar refractivity (Wildman–Crippen MR) is 549 cm³/mol. The molecular weight excluding hydrogens is 1860 g/mol. The number of ether oxygens (including phenoxy) is 2. The van der Waals surface area contributed by atoms with Gasteiger partial charge in [0.15, 0.2) is 11.6 Å². The van der Waals surface area contributed by atoms with Gasteiger partial charge in [-0.2, -0.15) is 10.4 Å². The molecule has 8 N–H and O–H groups in total. The highest BCUT2D eigenvalue weighted by molar-refractivity contribution is 7.15. The molecule has 8 heterocycles. The Morgan fingerprint density at radius 1 is 0.775 bits per heavy atom. The third-order valence-electron chi connectivity index (χ3n) is 25.9. The summed E-state index contributed by atoms with van der Waals surface area (Å²) in [6, 6.07) is 46.2. The number of fused-ring (bicyclic) bond motifs is 5. The van der Waals surface area contributed by atoms with E-state index < -0.39 is 58.4 Å². The highest BCUT2D eigenvalue weighted by atomic mass is 35.5. The number of nitriles is 1. The third-order valence-corrected chi connectivity index (χ3v) is 29.0. The molecule has 23 nitrogen and oxygen atoms in total. The molecule has 3 aliphatic carbocycles. The van der Waals surface area contributed by atoms with Gasteiger partial charge < -0.3 is 41.5 Å². The largest absolute Gasteiger partial charge is 0.495 e. The first-order valence-corrected chi connectivity index (χ1v) is 49.7. The fourth-order valence-electron chi connectivity index (χ4n) is 18.4. The molecule has 0 bridgehead atoms. The summed E-state index contributed by atoms with van der Waals surface area (Å²) in [7, 11) is 3.45. The van der Waals surface area contributed by atoms with Crippen LogP contribution in [0.1, 0.15) is 221 Å². The van der Waals surface area contributed by atoms with Crippen LogP contribution in [0.3, 0.4) is 0 Å². The minimum atomic E-state index is -1.64. The van der Waals surface area contributed by atoms with Crippen LogP contribution in [0.4, 0.5) is 20.2 Å². The number of nitrogens with one attached hydrogen (secondary N) is 4. The number of aromatic amines is 2. The number of aryl methyl sites for hydroxylation is 4. The number of thiazole rings is 1. The van der Waals surface area contributed by atoms with Crippen LogP contribution in [0.5, 0.6) is 5.75 Å². The number of anilines is 2. The molecular formula is C107H117Cl4F2N17O6S2. The molecule has 3 fully saturated rings. The number of ketones is 1. The molecule has 7 aromatic heterocycles. The van der Waals surface area contributed by atoms with Crippen LogP contribution in [0, 0.1) is 85.7 Å². The number of carbonyl (C=O) groups is 4. The van der Waals surface area contributed by atoms with Crippen molar-refractivity contribution in [2.24, 2.45) is 58.5 Å². The summed E-state index contributed by atoms with van der Waals surface area (Å²) in [6.07, 6.45) is 17.6. The number of hydrogen-bond acceptors (Lipinski definition) is 19. The normalized spacial score (nSPS) is 18.2.